The number of rotatable bonds is 25. The Morgan fingerprint density at radius 2 is 1.44 bits per heavy atom. The monoisotopic (exact) mass is 572 g/mol. The van der Waals surface area contributed by atoms with E-state index in [0.29, 0.717) is 17.4 Å². The van der Waals surface area contributed by atoms with Gasteiger partial charge in [-0.15, -0.1) is 0 Å². The fourth-order valence-corrected chi connectivity index (χ4v) is 4.31. The summed E-state index contributed by atoms with van der Waals surface area (Å²) in [5.41, 5.74) is 0. The standard InChI is InChI=1S/C30H57N2O6P/c1-6-8-10-11-12-13-14-15-16-17-18-19-20-22-23-29(33)28(31-30(34)24-21-9-7-2)27-38-39(35,36)37-26-25-32(3,4)5/h13-14,17-18,22-23,28-29,33H,6-12,15-16,19-21,24-27H2,1-5H3,(H-,31,34,35,36)/b14-13+,18-17+,23-22+. The molecule has 0 aromatic carbocycles. The van der Waals surface area contributed by atoms with Crippen LogP contribution < -0.4 is 10.2 Å². The summed E-state index contributed by atoms with van der Waals surface area (Å²) in [7, 11) is 1.22. The third-order valence-corrected chi connectivity index (χ3v) is 7.04. The number of allylic oxidation sites excluding steroid dienone is 5. The fourth-order valence-electron chi connectivity index (χ4n) is 3.59. The second kappa shape index (κ2) is 23.4. The van der Waals surface area contributed by atoms with Crippen molar-refractivity contribution in [1.82, 2.24) is 5.32 Å². The third-order valence-electron chi connectivity index (χ3n) is 6.08. The molecule has 0 aliphatic rings. The van der Waals surface area contributed by atoms with E-state index in [1.54, 1.807) is 6.08 Å². The van der Waals surface area contributed by atoms with Gasteiger partial charge in [0.15, 0.2) is 0 Å². The first kappa shape index (κ1) is 37.7. The van der Waals surface area contributed by atoms with Gasteiger partial charge in [-0.2, -0.15) is 0 Å². The lowest BCUT2D eigenvalue weighted by atomic mass is 10.1. The fraction of sp³-hybridized carbons (Fsp3) is 0.767. The highest BCUT2D eigenvalue weighted by Crippen LogP contribution is 2.38. The molecule has 0 aromatic heterocycles. The summed E-state index contributed by atoms with van der Waals surface area (Å²) in [5.74, 6) is -0.242. The zero-order valence-electron chi connectivity index (χ0n) is 25.3. The van der Waals surface area contributed by atoms with Crippen LogP contribution in [0.15, 0.2) is 36.5 Å². The maximum atomic E-state index is 12.3. The van der Waals surface area contributed by atoms with Crippen LogP contribution in [0.3, 0.4) is 0 Å². The lowest BCUT2D eigenvalue weighted by molar-refractivity contribution is -0.870. The molecule has 9 heteroatoms. The molecular weight excluding hydrogens is 515 g/mol. The van der Waals surface area contributed by atoms with E-state index >= 15 is 0 Å². The number of phosphoric ester groups is 1. The zero-order valence-corrected chi connectivity index (χ0v) is 26.2. The molecule has 0 rings (SSSR count). The lowest BCUT2D eigenvalue weighted by Crippen LogP contribution is -2.45. The van der Waals surface area contributed by atoms with Gasteiger partial charge in [0.1, 0.15) is 13.2 Å². The summed E-state index contributed by atoms with van der Waals surface area (Å²) >= 11 is 0. The molecule has 8 nitrogen and oxygen atoms in total. The second-order valence-electron chi connectivity index (χ2n) is 11.1. The summed E-state index contributed by atoms with van der Waals surface area (Å²) in [4.78, 5) is 24.5. The Kier molecular flexibility index (Phi) is 22.7. The number of phosphoric acid groups is 1. The molecule has 228 valence electrons. The van der Waals surface area contributed by atoms with Crippen molar-refractivity contribution in [1.29, 1.82) is 0 Å². The molecule has 1 amide bonds. The number of quaternary nitrogens is 1. The van der Waals surface area contributed by atoms with Crippen molar-refractivity contribution in [2.75, 3.05) is 40.9 Å². The molecule has 0 saturated carbocycles. The van der Waals surface area contributed by atoms with Crippen LogP contribution in [-0.4, -0.2) is 68.5 Å². The number of amides is 1. The van der Waals surface area contributed by atoms with Crippen molar-refractivity contribution in [2.24, 2.45) is 0 Å². The van der Waals surface area contributed by atoms with Crippen molar-refractivity contribution < 1.29 is 32.9 Å². The van der Waals surface area contributed by atoms with Crippen LogP contribution in [0.25, 0.3) is 0 Å². The van der Waals surface area contributed by atoms with E-state index in [1.807, 2.05) is 27.2 Å². The predicted molar refractivity (Wildman–Crippen MR) is 159 cm³/mol. The molecule has 0 spiro atoms. The highest BCUT2D eigenvalue weighted by Gasteiger charge is 2.23. The molecule has 3 atom stereocenters. The molecule has 0 aliphatic carbocycles. The molecular formula is C30H57N2O6P. The number of hydrogen-bond acceptors (Lipinski definition) is 6. The minimum Gasteiger partial charge on any atom is -0.756 e. The first-order chi connectivity index (χ1) is 18.5. The van der Waals surface area contributed by atoms with Gasteiger partial charge in [0.2, 0.25) is 5.91 Å². The minimum absolute atomic E-state index is 0.0103. The predicted octanol–water partition coefficient (Wildman–Crippen LogP) is 5.82. The number of nitrogens with one attached hydrogen (secondary N) is 1. The Bertz CT molecular complexity index is 748. The van der Waals surface area contributed by atoms with Gasteiger partial charge < -0.3 is 28.8 Å². The molecule has 0 aromatic rings. The number of carbonyl (C=O) groups is 1. The van der Waals surface area contributed by atoms with Crippen molar-refractivity contribution in [3.63, 3.8) is 0 Å². The number of likely N-dealkylation sites (N-methyl/N-ethyl adjacent to an activating group) is 1. The van der Waals surface area contributed by atoms with Gasteiger partial charge in [-0.1, -0.05) is 82.4 Å². The van der Waals surface area contributed by atoms with E-state index in [9.17, 15) is 19.4 Å². The Hall–Kier alpha value is -1.28. The largest absolute Gasteiger partial charge is 0.756 e. The van der Waals surface area contributed by atoms with Crippen molar-refractivity contribution in [2.45, 2.75) is 109 Å². The third kappa shape index (κ3) is 25.4. The average Bonchev–Trinajstić information content (AvgIpc) is 2.85. The van der Waals surface area contributed by atoms with Gasteiger partial charge in [0.25, 0.3) is 7.82 Å². The molecule has 39 heavy (non-hydrogen) atoms. The van der Waals surface area contributed by atoms with Crippen molar-refractivity contribution >= 4 is 13.7 Å². The van der Waals surface area contributed by atoms with Crippen LogP contribution in [0.4, 0.5) is 0 Å². The molecule has 0 saturated heterocycles. The van der Waals surface area contributed by atoms with Crippen LogP contribution >= 0.6 is 7.82 Å². The van der Waals surface area contributed by atoms with Crippen LogP contribution in [0.1, 0.15) is 97.3 Å². The number of hydrogen-bond donors (Lipinski definition) is 2. The van der Waals surface area contributed by atoms with E-state index < -0.39 is 26.6 Å². The normalized spacial score (nSPS) is 15.8. The van der Waals surface area contributed by atoms with Crippen LogP contribution in [0.5, 0.6) is 0 Å². The van der Waals surface area contributed by atoms with E-state index in [4.69, 9.17) is 9.05 Å². The van der Waals surface area contributed by atoms with Gasteiger partial charge in [-0.05, 0) is 44.9 Å². The van der Waals surface area contributed by atoms with Gasteiger partial charge in [0.05, 0.1) is 39.9 Å². The summed E-state index contributed by atoms with van der Waals surface area (Å²) < 4.78 is 22.7. The summed E-state index contributed by atoms with van der Waals surface area (Å²) in [6.45, 7) is 4.36. The van der Waals surface area contributed by atoms with Crippen LogP contribution in [-0.2, 0) is 18.4 Å². The highest BCUT2D eigenvalue weighted by atomic mass is 31.2. The Morgan fingerprint density at radius 1 is 0.872 bits per heavy atom. The zero-order chi connectivity index (χ0) is 29.4. The molecule has 0 bridgehead atoms. The molecule has 0 fully saturated rings. The topological polar surface area (TPSA) is 108 Å². The highest BCUT2D eigenvalue weighted by molar-refractivity contribution is 7.45. The number of aliphatic hydroxyl groups is 1. The van der Waals surface area contributed by atoms with Gasteiger partial charge in [0, 0.05) is 6.42 Å². The first-order valence-electron chi connectivity index (χ1n) is 14.9. The second-order valence-corrected chi connectivity index (χ2v) is 12.5. The first-order valence-corrected chi connectivity index (χ1v) is 16.3. The summed E-state index contributed by atoms with van der Waals surface area (Å²) in [6, 6.07) is -0.899. The van der Waals surface area contributed by atoms with E-state index in [2.05, 4.69) is 43.5 Å². The van der Waals surface area contributed by atoms with Gasteiger partial charge in [-0.25, -0.2) is 0 Å². The Morgan fingerprint density at radius 3 is 2.03 bits per heavy atom. The number of nitrogens with zero attached hydrogens (tertiary/aromatic N) is 1. The van der Waals surface area contributed by atoms with E-state index in [1.165, 1.54) is 25.7 Å². The van der Waals surface area contributed by atoms with E-state index in [0.717, 1.165) is 51.4 Å². The molecule has 2 N–H and O–H groups in total. The maximum Gasteiger partial charge on any atom is 0.268 e. The van der Waals surface area contributed by atoms with Crippen molar-refractivity contribution in [3.8, 4) is 0 Å². The molecule has 0 heterocycles. The number of carbonyl (C=O) groups excluding carboxylic acids is 1. The minimum atomic E-state index is -4.56. The van der Waals surface area contributed by atoms with E-state index in [-0.39, 0.29) is 12.5 Å². The average molecular weight is 573 g/mol. The molecule has 0 radical (unpaired) electrons. The smallest absolute Gasteiger partial charge is 0.268 e. The SMILES string of the molecule is CCCCCC/C=C/CC/C=C/CC/C=C/C(O)C(COP(=O)([O-])OCC[N+](C)(C)C)NC(=O)CCCCC. The number of aliphatic hydroxyl groups excluding tert-OH is 1. The Labute approximate surface area is 238 Å². The summed E-state index contributed by atoms with van der Waals surface area (Å²) in [6.07, 6.45) is 24.1. The molecule has 0 aliphatic heterocycles. The Balaban J connectivity index is 4.61. The lowest BCUT2D eigenvalue weighted by Gasteiger charge is -2.29. The van der Waals surface area contributed by atoms with Crippen LogP contribution in [0.2, 0.25) is 0 Å². The van der Waals surface area contributed by atoms with Crippen molar-refractivity contribution in [3.05, 3.63) is 36.5 Å². The van der Waals surface area contributed by atoms with Crippen LogP contribution in [0, 0.1) is 0 Å². The number of unbranched alkanes of at least 4 members (excludes halogenated alkanes) is 8. The summed E-state index contributed by atoms with van der Waals surface area (Å²) in [5, 5.41) is 13.4. The van der Waals surface area contributed by atoms with Gasteiger partial charge in [-0.3, -0.25) is 9.36 Å². The maximum absolute atomic E-state index is 12.3. The quantitative estimate of drug-likeness (QED) is 0.0618. The molecule has 3 unspecified atom stereocenters. The van der Waals surface area contributed by atoms with Gasteiger partial charge >= 0.3 is 0 Å².